The predicted octanol–water partition coefficient (Wildman–Crippen LogP) is 4.20. The fraction of sp³-hybridized carbons (Fsp3) is 0.118. The molecule has 0 radical (unpaired) electrons. The van der Waals surface area contributed by atoms with E-state index in [0.29, 0.717) is 11.3 Å². The fourth-order valence-electron chi connectivity index (χ4n) is 2.45. The first kappa shape index (κ1) is 21.1. The maximum absolute atomic E-state index is 13.5. The lowest BCUT2D eigenvalue weighted by atomic mass is 10.2. The Morgan fingerprint density at radius 1 is 1.21 bits per heavy atom. The molecule has 0 bridgehead atoms. The summed E-state index contributed by atoms with van der Waals surface area (Å²) in [5.41, 5.74) is 0.961. The zero-order valence-corrected chi connectivity index (χ0v) is 17.3. The Hall–Kier alpha value is -2.63. The van der Waals surface area contributed by atoms with Crippen LogP contribution in [0, 0.1) is 18.6 Å². The van der Waals surface area contributed by atoms with Crippen LogP contribution in [-0.2, 0) is 14.8 Å². The third-order valence-corrected chi connectivity index (χ3v) is 6.30. The number of hydrogen-bond donors (Lipinski definition) is 2. The average molecular weight is 459 g/mol. The molecule has 0 atom stereocenters. The summed E-state index contributed by atoms with van der Waals surface area (Å²) in [6.45, 7) is 2.84. The molecule has 0 saturated heterocycles. The molecule has 1 amide bonds. The van der Waals surface area contributed by atoms with E-state index in [-0.39, 0.29) is 31.7 Å². The van der Waals surface area contributed by atoms with Crippen molar-refractivity contribution >= 4 is 49.7 Å². The van der Waals surface area contributed by atoms with Gasteiger partial charge in [-0.2, -0.15) is 8.42 Å². The van der Waals surface area contributed by atoms with E-state index in [2.05, 4.69) is 20.0 Å². The Kier molecular flexibility index (Phi) is 5.82. The maximum atomic E-state index is 13.5. The lowest BCUT2D eigenvalue weighted by molar-refractivity contribution is -0.114. The molecule has 7 nitrogen and oxygen atoms in total. The van der Waals surface area contributed by atoms with Gasteiger partial charge in [0.1, 0.15) is 10.0 Å². The van der Waals surface area contributed by atoms with Gasteiger partial charge in [0.05, 0.1) is 11.9 Å². The van der Waals surface area contributed by atoms with Gasteiger partial charge in [0.15, 0.2) is 21.8 Å². The zero-order valence-electron chi connectivity index (χ0n) is 15.0. The molecule has 2 aromatic heterocycles. The molecule has 152 valence electrons. The zero-order chi connectivity index (χ0) is 21.3. The number of aromatic nitrogens is 2. The van der Waals surface area contributed by atoms with E-state index < -0.39 is 21.7 Å². The first-order valence-electron chi connectivity index (χ1n) is 7.95. The van der Waals surface area contributed by atoms with Gasteiger partial charge in [-0.3, -0.25) is 9.52 Å². The number of hydrogen-bond acceptors (Lipinski definition) is 6. The SMILES string of the molecule is CC(=O)Nc1cnc(S(=O)(=O)Nc2nc(-c3ccc(F)c(F)c3)c(Cl)s2)c(C)c1. The molecule has 12 heteroatoms. The van der Waals surface area contributed by atoms with Gasteiger partial charge in [-0.15, -0.1) is 0 Å². The number of nitrogens with zero attached hydrogens (tertiary/aromatic N) is 2. The minimum atomic E-state index is -4.11. The van der Waals surface area contributed by atoms with E-state index >= 15 is 0 Å². The Balaban J connectivity index is 1.89. The van der Waals surface area contributed by atoms with Crippen LogP contribution in [0.2, 0.25) is 4.34 Å². The highest BCUT2D eigenvalue weighted by molar-refractivity contribution is 7.92. The molecule has 3 rings (SSSR count). The highest BCUT2D eigenvalue weighted by atomic mass is 35.5. The predicted molar refractivity (Wildman–Crippen MR) is 107 cm³/mol. The van der Waals surface area contributed by atoms with Crippen molar-refractivity contribution in [2.24, 2.45) is 0 Å². The Morgan fingerprint density at radius 3 is 2.55 bits per heavy atom. The molecular formula is C17H13ClF2N4O3S2. The van der Waals surface area contributed by atoms with Gasteiger partial charge in [-0.25, -0.2) is 18.7 Å². The molecule has 0 spiro atoms. The van der Waals surface area contributed by atoms with E-state index in [1.54, 1.807) is 0 Å². The molecular weight excluding hydrogens is 446 g/mol. The van der Waals surface area contributed by atoms with Crippen LogP contribution in [0.1, 0.15) is 12.5 Å². The minimum absolute atomic E-state index is 0.0677. The summed E-state index contributed by atoms with van der Waals surface area (Å²) >= 11 is 6.92. The van der Waals surface area contributed by atoms with E-state index in [9.17, 15) is 22.0 Å². The molecule has 0 fully saturated rings. The molecule has 2 heterocycles. The highest BCUT2D eigenvalue weighted by Gasteiger charge is 2.22. The van der Waals surface area contributed by atoms with Crippen molar-refractivity contribution in [2.45, 2.75) is 18.9 Å². The number of anilines is 2. The molecule has 0 aliphatic heterocycles. The van der Waals surface area contributed by atoms with E-state index in [0.717, 1.165) is 23.5 Å². The smallest absolute Gasteiger partial charge is 0.281 e. The summed E-state index contributed by atoms with van der Waals surface area (Å²) < 4.78 is 54.3. The highest BCUT2D eigenvalue weighted by Crippen LogP contribution is 2.36. The maximum Gasteiger partial charge on any atom is 0.281 e. The van der Waals surface area contributed by atoms with Crippen LogP contribution in [0.3, 0.4) is 0 Å². The van der Waals surface area contributed by atoms with E-state index in [4.69, 9.17) is 11.6 Å². The molecule has 0 unspecified atom stereocenters. The number of sulfonamides is 1. The number of halogens is 3. The number of carbonyl (C=O) groups excluding carboxylic acids is 1. The van der Waals surface area contributed by atoms with Crippen LogP contribution in [0.15, 0.2) is 35.5 Å². The second kappa shape index (κ2) is 8.01. The first-order valence-corrected chi connectivity index (χ1v) is 10.6. The summed E-state index contributed by atoms with van der Waals surface area (Å²) in [5, 5.41) is 2.18. The molecule has 0 saturated carbocycles. The minimum Gasteiger partial charge on any atom is -0.325 e. The standard InChI is InChI=1S/C17H13ClF2N4O3S2/c1-8-5-11(22-9(2)25)7-21-16(8)29(26,27)24-17-23-14(15(18)28-17)10-3-4-12(19)13(20)6-10/h3-7H,1-2H3,(H,22,25)(H,23,24). The molecule has 2 N–H and O–H groups in total. The van der Waals surface area contributed by atoms with Crippen molar-refractivity contribution in [3.05, 3.63) is 52.0 Å². The van der Waals surface area contributed by atoms with Crippen molar-refractivity contribution in [3.8, 4) is 11.3 Å². The van der Waals surface area contributed by atoms with Gasteiger partial charge >= 0.3 is 0 Å². The van der Waals surface area contributed by atoms with Crippen LogP contribution in [0.25, 0.3) is 11.3 Å². The number of aryl methyl sites for hydroxylation is 1. The number of amides is 1. The number of rotatable bonds is 5. The van der Waals surface area contributed by atoms with E-state index in [1.807, 2.05) is 0 Å². The van der Waals surface area contributed by atoms with Crippen LogP contribution in [-0.4, -0.2) is 24.3 Å². The molecule has 0 aliphatic carbocycles. The molecule has 3 aromatic rings. The van der Waals surface area contributed by atoms with Crippen molar-refractivity contribution in [2.75, 3.05) is 10.0 Å². The number of benzene rings is 1. The first-order chi connectivity index (χ1) is 13.6. The quantitative estimate of drug-likeness (QED) is 0.596. The van der Waals surface area contributed by atoms with Gasteiger partial charge in [0.25, 0.3) is 10.0 Å². The van der Waals surface area contributed by atoms with Crippen molar-refractivity contribution in [3.63, 3.8) is 0 Å². The number of pyridine rings is 1. The third kappa shape index (κ3) is 4.69. The summed E-state index contributed by atoms with van der Waals surface area (Å²) in [7, 11) is -4.11. The summed E-state index contributed by atoms with van der Waals surface area (Å²) in [4.78, 5) is 19.1. The second-order valence-electron chi connectivity index (χ2n) is 5.90. The Bertz CT molecular complexity index is 1220. The van der Waals surface area contributed by atoms with Crippen molar-refractivity contribution < 1.29 is 22.0 Å². The third-order valence-electron chi connectivity index (χ3n) is 3.61. The van der Waals surface area contributed by atoms with Crippen LogP contribution in [0.4, 0.5) is 19.6 Å². The monoisotopic (exact) mass is 458 g/mol. The van der Waals surface area contributed by atoms with Gasteiger partial charge in [0.2, 0.25) is 5.91 Å². The lowest BCUT2D eigenvalue weighted by Crippen LogP contribution is -2.16. The van der Waals surface area contributed by atoms with Gasteiger partial charge in [-0.05, 0) is 36.8 Å². The van der Waals surface area contributed by atoms with Crippen LogP contribution >= 0.6 is 22.9 Å². The summed E-state index contributed by atoms with van der Waals surface area (Å²) in [5.74, 6) is -2.42. The van der Waals surface area contributed by atoms with Gasteiger partial charge in [-0.1, -0.05) is 22.9 Å². The second-order valence-corrected chi connectivity index (χ2v) is 9.10. The van der Waals surface area contributed by atoms with Crippen LogP contribution in [0.5, 0.6) is 0 Å². The van der Waals surface area contributed by atoms with E-state index in [1.165, 1.54) is 32.2 Å². The summed E-state index contributed by atoms with van der Waals surface area (Å²) in [6, 6.07) is 4.59. The normalized spacial score (nSPS) is 11.3. The molecule has 29 heavy (non-hydrogen) atoms. The van der Waals surface area contributed by atoms with Gasteiger partial charge in [0, 0.05) is 12.5 Å². The Morgan fingerprint density at radius 2 is 1.93 bits per heavy atom. The number of thiazole rings is 1. The van der Waals surface area contributed by atoms with Crippen molar-refractivity contribution in [1.29, 1.82) is 0 Å². The summed E-state index contributed by atoms with van der Waals surface area (Å²) in [6.07, 6.45) is 1.21. The average Bonchev–Trinajstić information content (AvgIpc) is 2.96. The molecule has 1 aromatic carbocycles. The van der Waals surface area contributed by atoms with Crippen molar-refractivity contribution in [1.82, 2.24) is 9.97 Å². The topological polar surface area (TPSA) is 101 Å². The van der Waals surface area contributed by atoms with Crippen LogP contribution < -0.4 is 10.0 Å². The number of nitrogens with one attached hydrogen (secondary N) is 2. The largest absolute Gasteiger partial charge is 0.325 e. The molecule has 0 aliphatic rings. The fourth-order valence-corrected chi connectivity index (χ4v) is 4.92. The van der Waals surface area contributed by atoms with Gasteiger partial charge < -0.3 is 5.32 Å². The lowest BCUT2D eigenvalue weighted by Gasteiger charge is -2.09. The number of carbonyl (C=O) groups is 1. The Labute approximate surface area is 173 Å².